The second-order valence-electron chi connectivity index (χ2n) is 18.0. The van der Waals surface area contributed by atoms with Gasteiger partial charge in [0.2, 0.25) is 0 Å². The molecule has 8 rings (SSSR count). The van der Waals surface area contributed by atoms with E-state index in [4.69, 9.17) is 30.4 Å². The van der Waals surface area contributed by atoms with Gasteiger partial charge < -0.3 is 35.1 Å². The molecule has 0 amide bonds. The smallest absolute Gasteiger partial charge is 0.341 e. The first kappa shape index (κ1) is 37.4. The highest BCUT2D eigenvalue weighted by Gasteiger charge is 2.63. The number of Topliss-reactive ketones (excluding diaryl/α,β-unsaturated/α-hetero) is 1. The Hall–Kier alpha value is -0.480. The largest absolute Gasteiger partial charge is 0.457 e. The molecular weight excluding hydrogens is 689 g/mol. The number of esters is 1. The first-order valence-electron chi connectivity index (χ1n) is 20.2. The van der Waals surface area contributed by atoms with Gasteiger partial charge in [-0.25, -0.2) is 4.79 Å². The summed E-state index contributed by atoms with van der Waals surface area (Å²) in [7, 11) is 4.00. The van der Waals surface area contributed by atoms with E-state index in [1.54, 1.807) is 0 Å². The highest BCUT2D eigenvalue weighted by atomic mass is 33.1. The zero-order valence-corrected chi connectivity index (χ0v) is 32.5. The fourth-order valence-corrected chi connectivity index (χ4v) is 15.5. The van der Waals surface area contributed by atoms with Gasteiger partial charge in [-0.3, -0.25) is 15.8 Å². The second kappa shape index (κ2) is 14.5. The Bertz CT molecular complexity index is 1310. The molecule has 1 spiro atoms. The van der Waals surface area contributed by atoms with Crippen LogP contribution in [0.3, 0.4) is 0 Å². The molecule has 0 aromatic carbocycles. The molecule has 288 valence electrons. The molecule has 6 heterocycles. The van der Waals surface area contributed by atoms with E-state index < -0.39 is 29.3 Å². The number of nitrogens with one attached hydrogen (secondary N) is 1. The van der Waals surface area contributed by atoms with Gasteiger partial charge in [0.15, 0.2) is 5.60 Å². The first-order valence-corrected chi connectivity index (χ1v) is 22.5. The van der Waals surface area contributed by atoms with E-state index in [9.17, 15) is 14.7 Å². The molecule has 6 saturated heterocycles. The van der Waals surface area contributed by atoms with Gasteiger partial charge in [0.05, 0.1) is 49.1 Å². The Morgan fingerprint density at radius 1 is 0.922 bits per heavy atom. The molecule has 6 aliphatic heterocycles. The Morgan fingerprint density at radius 2 is 1.73 bits per heavy atom. The van der Waals surface area contributed by atoms with E-state index in [1.807, 2.05) is 24.6 Å². The number of hydrogen-bond donors (Lipinski definition) is 5. The molecule has 0 aromatic heterocycles. The number of epoxide rings is 1. The number of nitrogens with two attached hydrogens (primary N) is 3. The molecule has 12 unspecified atom stereocenters. The number of aliphatic hydroxyl groups excluding tert-OH is 1. The van der Waals surface area contributed by atoms with Crippen LogP contribution in [0, 0.1) is 29.6 Å². The van der Waals surface area contributed by atoms with Crippen LogP contribution in [0.25, 0.3) is 0 Å². The summed E-state index contributed by atoms with van der Waals surface area (Å²) in [6, 6.07) is 0.336. The maximum atomic E-state index is 14.0. The Labute approximate surface area is 311 Å². The van der Waals surface area contributed by atoms with Gasteiger partial charge in [-0.05, 0) is 84.0 Å². The van der Waals surface area contributed by atoms with Crippen molar-refractivity contribution in [2.45, 2.75) is 182 Å². The van der Waals surface area contributed by atoms with Crippen molar-refractivity contribution < 1.29 is 39.0 Å². The fourth-order valence-electron chi connectivity index (χ4n) is 11.8. The lowest BCUT2D eigenvalue weighted by molar-refractivity contribution is -0.708. The maximum Gasteiger partial charge on any atom is 0.341 e. The fraction of sp³-hybridized carbons (Fsp3) is 0.947. The number of ether oxygens (including phenoxy) is 4. The minimum Gasteiger partial charge on any atom is -0.457 e. The van der Waals surface area contributed by atoms with Crippen molar-refractivity contribution in [2.75, 3.05) is 12.3 Å². The average Bonchev–Trinajstić information content (AvgIpc) is 3.76. The number of carbonyl (C=O) groups excluding carboxylic acids is 2. The van der Waals surface area contributed by atoms with Crippen LogP contribution in [0.2, 0.25) is 0 Å². The number of quaternary nitrogens is 1. The number of carbonyl (C=O) groups is 2. The van der Waals surface area contributed by atoms with Gasteiger partial charge in [-0.1, -0.05) is 40.9 Å². The summed E-state index contributed by atoms with van der Waals surface area (Å²) in [5.41, 5.74) is 12.1. The van der Waals surface area contributed by atoms with E-state index in [0.717, 1.165) is 44.4 Å². The van der Waals surface area contributed by atoms with Gasteiger partial charge >= 0.3 is 5.97 Å². The molecule has 2 saturated carbocycles. The average molecular weight is 752 g/mol. The topological polar surface area (TPSA) is 175 Å². The van der Waals surface area contributed by atoms with Gasteiger partial charge in [0.1, 0.15) is 23.7 Å². The van der Waals surface area contributed by atoms with Gasteiger partial charge in [-0.2, -0.15) is 0 Å². The molecule has 16 atom stereocenters. The molecule has 8 N–H and O–H groups in total. The van der Waals surface area contributed by atoms with E-state index in [1.165, 1.54) is 32.1 Å². The molecule has 8 fully saturated rings. The molecule has 2 aliphatic carbocycles. The lowest BCUT2D eigenvalue weighted by Gasteiger charge is -2.54. The maximum absolute atomic E-state index is 14.0. The van der Waals surface area contributed by atoms with Crippen LogP contribution in [0.4, 0.5) is 0 Å². The minimum absolute atomic E-state index is 0.0416. The molecule has 0 radical (unpaired) electrons. The number of piperidine rings is 2. The first-order chi connectivity index (χ1) is 24.4. The molecule has 2 bridgehead atoms. The summed E-state index contributed by atoms with van der Waals surface area (Å²) in [4.78, 5) is 27.1. The number of ketones is 1. The highest BCUT2D eigenvalue weighted by molar-refractivity contribution is 8.77. The van der Waals surface area contributed by atoms with Crippen molar-refractivity contribution >= 4 is 33.3 Å². The van der Waals surface area contributed by atoms with E-state index >= 15 is 0 Å². The monoisotopic (exact) mass is 751 g/mol. The van der Waals surface area contributed by atoms with Crippen LogP contribution in [0.5, 0.6) is 0 Å². The van der Waals surface area contributed by atoms with Crippen molar-refractivity contribution in [3.05, 3.63) is 0 Å². The van der Waals surface area contributed by atoms with E-state index in [2.05, 4.69) is 28.4 Å². The summed E-state index contributed by atoms with van der Waals surface area (Å²) in [5.74, 6) is 0.979. The second-order valence-corrected chi connectivity index (χ2v) is 20.9. The Morgan fingerprint density at radius 3 is 2.53 bits per heavy atom. The molecule has 8 aliphatic rings. The van der Waals surface area contributed by atoms with Crippen LogP contribution < -0.4 is 22.1 Å². The summed E-state index contributed by atoms with van der Waals surface area (Å²) in [5, 5.41) is 17.9. The van der Waals surface area contributed by atoms with Crippen molar-refractivity contribution in [1.82, 2.24) is 5.32 Å². The third-order valence-electron chi connectivity index (χ3n) is 14.6. The summed E-state index contributed by atoms with van der Waals surface area (Å²) in [6.45, 7) is 6.93. The SMILES string of the molecule is CC1CC(=O)C2C(CC3O[C@@]4(C)CCSSC5(CCCCC5)C5C(N)[NH2+]CCC5C5CC(CC[C@@H]6O[C@]6(C)C(=O)O[C@H]4CC3C2O)CC(N)N5)O1. The summed E-state index contributed by atoms with van der Waals surface area (Å²) >= 11 is 0. The molecule has 0 aromatic rings. The van der Waals surface area contributed by atoms with Crippen LogP contribution in [0.1, 0.15) is 111 Å². The van der Waals surface area contributed by atoms with Crippen LogP contribution in [0.15, 0.2) is 0 Å². The number of rotatable bonds is 0. The normalized spacial score (nSPS) is 52.0. The van der Waals surface area contributed by atoms with E-state index in [0.29, 0.717) is 49.5 Å². The van der Waals surface area contributed by atoms with Crippen LogP contribution >= 0.6 is 21.6 Å². The van der Waals surface area contributed by atoms with Gasteiger partial charge in [0.25, 0.3) is 0 Å². The van der Waals surface area contributed by atoms with Crippen molar-refractivity contribution in [2.24, 2.45) is 41.1 Å². The van der Waals surface area contributed by atoms with Gasteiger partial charge in [-0.15, -0.1) is 0 Å². The van der Waals surface area contributed by atoms with E-state index in [-0.39, 0.29) is 59.2 Å². The quantitative estimate of drug-likeness (QED) is 0.139. The zero-order valence-electron chi connectivity index (χ0n) is 30.8. The minimum atomic E-state index is -0.994. The Balaban J connectivity index is 1.08. The summed E-state index contributed by atoms with van der Waals surface area (Å²) < 4.78 is 25.9. The van der Waals surface area contributed by atoms with Crippen molar-refractivity contribution in [1.29, 1.82) is 0 Å². The van der Waals surface area contributed by atoms with Gasteiger partial charge in [0, 0.05) is 47.6 Å². The standard InChI is InChI=1S/C38H62N4O7S2/c1-20-15-25(43)31-27(46-20)19-26-23(33(31)44)18-29-36(2,48-26)12-14-50-51-38(10-5-4-6-11-38)32-22(9-13-41-34(32)40)24-16-21(17-30(39)42-24)7-8-28-37(3,49-28)35(45)47-29/h20-24,26-34,41-42,44H,4-19,39-40H2,1-3H3/p+1/t20?,21?,22?,23?,24?,26?,27?,28-,29-,30?,31?,32?,33?,34?,36-,37-/m0/s1. The number of aliphatic hydroxyl groups is 1. The lowest BCUT2D eigenvalue weighted by atomic mass is 9.65. The molecule has 11 nitrogen and oxygen atoms in total. The summed E-state index contributed by atoms with van der Waals surface area (Å²) in [6.07, 6.45) is 10.6. The number of fused-ring (bicyclic) bond motifs is 9. The van der Waals surface area contributed by atoms with Crippen molar-refractivity contribution in [3.63, 3.8) is 0 Å². The third-order valence-corrected chi connectivity index (χ3v) is 17.9. The molecule has 13 heteroatoms. The van der Waals surface area contributed by atoms with Crippen LogP contribution in [-0.4, -0.2) is 100 Å². The predicted octanol–water partition coefficient (Wildman–Crippen LogP) is 2.75. The highest BCUT2D eigenvalue weighted by Crippen LogP contribution is 2.56. The lowest BCUT2D eigenvalue weighted by Crippen LogP contribution is -2.98. The Kier molecular flexibility index (Phi) is 10.7. The van der Waals surface area contributed by atoms with Crippen LogP contribution in [-0.2, 0) is 28.5 Å². The molecule has 51 heavy (non-hydrogen) atoms. The van der Waals surface area contributed by atoms with Crippen molar-refractivity contribution in [3.8, 4) is 0 Å². The predicted molar refractivity (Wildman–Crippen MR) is 196 cm³/mol. The zero-order chi connectivity index (χ0) is 35.7. The third kappa shape index (κ3) is 7.10. The number of hydrogen-bond acceptors (Lipinski definition) is 12. The molecular formula is C38H63N4O7S2+.